The van der Waals surface area contributed by atoms with Crippen molar-refractivity contribution < 1.29 is 0 Å². The molecule has 2 aromatic carbocycles. The molecular weight excluding hydrogens is 244 g/mol. The van der Waals surface area contributed by atoms with Crippen LogP contribution < -0.4 is 0 Å². The number of fused-ring (bicyclic) bond motifs is 1. The molecule has 3 aromatic rings. The molecule has 0 radical (unpaired) electrons. The first-order valence-corrected chi connectivity index (χ1v) is 6.40. The van der Waals surface area contributed by atoms with E-state index in [2.05, 4.69) is 24.2 Å². The van der Waals surface area contributed by atoms with Crippen molar-refractivity contribution in [2.45, 2.75) is 13.3 Å². The second-order valence-corrected chi connectivity index (χ2v) is 4.64. The molecule has 0 amide bonds. The Balaban J connectivity index is 2.25. The lowest BCUT2D eigenvalue weighted by molar-refractivity contribution is 0.826. The Morgan fingerprint density at radius 1 is 1.06 bits per heavy atom. The van der Waals surface area contributed by atoms with E-state index in [0.29, 0.717) is 0 Å². The van der Waals surface area contributed by atoms with E-state index in [9.17, 15) is 0 Å². The maximum absolute atomic E-state index is 5.92. The molecule has 0 bridgehead atoms. The van der Waals surface area contributed by atoms with E-state index in [1.165, 1.54) is 11.1 Å². The van der Waals surface area contributed by atoms with Crippen molar-refractivity contribution in [2.75, 3.05) is 0 Å². The van der Waals surface area contributed by atoms with Crippen molar-refractivity contribution in [3.63, 3.8) is 0 Å². The lowest BCUT2D eigenvalue weighted by Gasteiger charge is -2.05. The van der Waals surface area contributed by atoms with E-state index >= 15 is 0 Å². The van der Waals surface area contributed by atoms with Crippen molar-refractivity contribution in [1.82, 2.24) is 9.78 Å². The van der Waals surface area contributed by atoms with Crippen molar-refractivity contribution in [3.8, 4) is 5.69 Å². The molecule has 1 heterocycles. The van der Waals surface area contributed by atoms with Crippen LogP contribution in [0.2, 0.25) is 5.02 Å². The minimum atomic E-state index is 0.744. The summed E-state index contributed by atoms with van der Waals surface area (Å²) in [5.74, 6) is 0. The summed E-state index contributed by atoms with van der Waals surface area (Å²) in [5.41, 5.74) is 3.31. The number of rotatable bonds is 2. The summed E-state index contributed by atoms with van der Waals surface area (Å²) in [4.78, 5) is 0. The highest BCUT2D eigenvalue weighted by Gasteiger charge is 2.10. The van der Waals surface area contributed by atoms with E-state index < -0.39 is 0 Å². The zero-order chi connectivity index (χ0) is 12.5. The third-order valence-electron chi connectivity index (χ3n) is 3.08. The van der Waals surface area contributed by atoms with Crippen molar-refractivity contribution in [3.05, 3.63) is 59.2 Å². The molecule has 3 rings (SSSR count). The van der Waals surface area contributed by atoms with Crippen LogP contribution in [-0.4, -0.2) is 9.78 Å². The van der Waals surface area contributed by atoms with Crippen molar-refractivity contribution in [2.24, 2.45) is 0 Å². The molecule has 0 N–H and O–H groups in total. The molecule has 90 valence electrons. The summed E-state index contributed by atoms with van der Waals surface area (Å²) >= 11 is 5.92. The highest BCUT2D eigenvalue weighted by atomic mass is 35.5. The van der Waals surface area contributed by atoms with Gasteiger partial charge in [-0.1, -0.05) is 36.7 Å². The van der Waals surface area contributed by atoms with E-state index in [-0.39, 0.29) is 0 Å². The van der Waals surface area contributed by atoms with Crippen LogP contribution in [0.4, 0.5) is 0 Å². The quantitative estimate of drug-likeness (QED) is 0.671. The van der Waals surface area contributed by atoms with Crippen LogP contribution >= 0.6 is 11.6 Å². The second kappa shape index (κ2) is 4.46. The smallest absolute Gasteiger partial charge is 0.0930 e. The fourth-order valence-electron chi connectivity index (χ4n) is 2.22. The second-order valence-electron chi connectivity index (χ2n) is 4.21. The molecule has 0 spiro atoms. The number of benzene rings is 2. The minimum Gasteiger partial charge on any atom is -0.237 e. The molecule has 0 aliphatic carbocycles. The fraction of sp³-hybridized carbons (Fsp3) is 0.133. The van der Waals surface area contributed by atoms with Crippen LogP contribution in [0.3, 0.4) is 0 Å². The number of hydrogen-bond donors (Lipinski definition) is 0. The van der Waals surface area contributed by atoms with E-state index in [1.54, 1.807) is 0 Å². The van der Waals surface area contributed by atoms with Gasteiger partial charge in [-0.25, -0.2) is 4.68 Å². The van der Waals surface area contributed by atoms with Crippen LogP contribution in [0.5, 0.6) is 0 Å². The Bertz CT molecular complexity index is 683. The zero-order valence-electron chi connectivity index (χ0n) is 10.1. The van der Waals surface area contributed by atoms with E-state index in [1.807, 2.05) is 41.1 Å². The van der Waals surface area contributed by atoms with Gasteiger partial charge in [-0.15, -0.1) is 0 Å². The van der Waals surface area contributed by atoms with Crippen LogP contribution in [0.1, 0.15) is 12.6 Å². The number of aromatic nitrogens is 2. The van der Waals surface area contributed by atoms with Crippen molar-refractivity contribution >= 4 is 22.5 Å². The van der Waals surface area contributed by atoms with Gasteiger partial charge in [-0.3, -0.25) is 0 Å². The average molecular weight is 257 g/mol. The van der Waals surface area contributed by atoms with E-state index in [4.69, 9.17) is 11.6 Å². The molecule has 0 fully saturated rings. The van der Waals surface area contributed by atoms with Crippen LogP contribution in [0.15, 0.2) is 48.5 Å². The van der Waals surface area contributed by atoms with Crippen molar-refractivity contribution in [1.29, 1.82) is 0 Å². The SMILES string of the molecule is CCc1c2ccccc2nn1-c1ccc(Cl)cc1. The molecule has 18 heavy (non-hydrogen) atoms. The lowest BCUT2D eigenvalue weighted by Crippen LogP contribution is -2.00. The highest BCUT2D eigenvalue weighted by Crippen LogP contribution is 2.22. The molecule has 2 nitrogen and oxygen atoms in total. The summed E-state index contributed by atoms with van der Waals surface area (Å²) in [5, 5.41) is 6.62. The molecule has 0 saturated carbocycles. The van der Waals surface area contributed by atoms with Gasteiger partial charge in [-0.05, 0) is 36.8 Å². The third-order valence-corrected chi connectivity index (χ3v) is 3.34. The lowest BCUT2D eigenvalue weighted by atomic mass is 10.2. The fourth-order valence-corrected chi connectivity index (χ4v) is 2.35. The predicted octanol–water partition coefficient (Wildman–Crippen LogP) is 4.24. The molecule has 1 aromatic heterocycles. The molecule has 3 heteroatoms. The number of nitrogens with zero attached hydrogens (tertiary/aromatic N) is 2. The van der Waals surface area contributed by atoms with Gasteiger partial charge in [0, 0.05) is 10.4 Å². The number of halogens is 1. The largest absolute Gasteiger partial charge is 0.237 e. The highest BCUT2D eigenvalue weighted by molar-refractivity contribution is 6.30. The normalized spacial score (nSPS) is 11.0. The first-order valence-electron chi connectivity index (χ1n) is 6.02. The summed E-state index contributed by atoms with van der Waals surface area (Å²) in [6, 6.07) is 16.0. The van der Waals surface area contributed by atoms with Gasteiger partial charge in [-0.2, -0.15) is 5.10 Å². The Morgan fingerprint density at radius 2 is 1.78 bits per heavy atom. The van der Waals surface area contributed by atoms with Gasteiger partial charge >= 0.3 is 0 Å². The summed E-state index contributed by atoms with van der Waals surface area (Å²) in [6.45, 7) is 2.15. The summed E-state index contributed by atoms with van der Waals surface area (Å²) in [7, 11) is 0. The van der Waals surface area contributed by atoms with Gasteiger partial charge in [0.1, 0.15) is 0 Å². The topological polar surface area (TPSA) is 17.8 Å². The van der Waals surface area contributed by atoms with Gasteiger partial charge in [0.25, 0.3) is 0 Å². The van der Waals surface area contributed by atoms with Crippen LogP contribution in [0, 0.1) is 0 Å². The van der Waals surface area contributed by atoms with Gasteiger partial charge in [0.2, 0.25) is 0 Å². The Hall–Kier alpha value is -1.80. The first kappa shape index (κ1) is 11.3. The monoisotopic (exact) mass is 256 g/mol. The number of hydrogen-bond acceptors (Lipinski definition) is 1. The molecule has 0 aliphatic heterocycles. The average Bonchev–Trinajstić information content (AvgIpc) is 2.78. The molecule has 0 atom stereocenters. The third kappa shape index (κ3) is 1.79. The summed E-state index contributed by atoms with van der Waals surface area (Å²) < 4.78 is 2.00. The maximum Gasteiger partial charge on any atom is 0.0930 e. The Morgan fingerprint density at radius 3 is 2.50 bits per heavy atom. The first-order chi connectivity index (χ1) is 8.79. The maximum atomic E-state index is 5.92. The Kier molecular flexibility index (Phi) is 2.80. The molecule has 0 saturated heterocycles. The molecule has 0 unspecified atom stereocenters. The minimum absolute atomic E-state index is 0.744. The predicted molar refractivity (Wildman–Crippen MR) is 75.5 cm³/mol. The van der Waals surface area contributed by atoms with E-state index in [0.717, 1.165) is 22.6 Å². The van der Waals surface area contributed by atoms with Crippen LogP contribution in [-0.2, 0) is 6.42 Å². The standard InChI is InChI=1S/C15H13ClN2/c1-2-15-13-5-3-4-6-14(13)17-18(15)12-9-7-11(16)8-10-12/h3-10H,2H2,1H3. The van der Waals surface area contributed by atoms with Crippen LogP contribution in [0.25, 0.3) is 16.6 Å². The van der Waals surface area contributed by atoms with Gasteiger partial charge < -0.3 is 0 Å². The van der Waals surface area contributed by atoms with Gasteiger partial charge in [0.05, 0.1) is 16.9 Å². The molecule has 0 aliphatic rings. The summed E-state index contributed by atoms with van der Waals surface area (Å²) in [6.07, 6.45) is 0.948. The molecular formula is C15H13ClN2. The zero-order valence-corrected chi connectivity index (χ0v) is 10.9. The Labute approximate surface area is 111 Å². The number of aryl methyl sites for hydroxylation is 1. The van der Waals surface area contributed by atoms with Gasteiger partial charge in [0.15, 0.2) is 0 Å².